The van der Waals surface area contributed by atoms with Crippen molar-refractivity contribution < 1.29 is 18.3 Å². The molecule has 1 aromatic rings. The molecular formula is C15H27N3O4S2. The fraction of sp³-hybridized carbons (Fsp3) is 0.800. The Morgan fingerprint density at radius 2 is 1.83 bits per heavy atom. The van der Waals surface area contributed by atoms with Gasteiger partial charge in [0.15, 0.2) is 9.84 Å². The summed E-state index contributed by atoms with van der Waals surface area (Å²) in [6.45, 7) is 10.2. The van der Waals surface area contributed by atoms with Crippen LogP contribution >= 0.6 is 11.3 Å². The predicted molar refractivity (Wildman–Crippen MR) is 96.0 cm³/mol. The van der Waals surface area contributed by atoms with Gasteiger partial charge in [-0.1, -0.05) is 39.0 Å². The second-order valence-corrected chi connectivity index (χ2v) is 11.1. The van der Waals surface area contributed by atoms with Crippen LogP contribution < -0.4 is 5.32 Å². The molecule has 138 valence electrons. The van der Waals surface area contributed by atoms with Gasteiger partial charge in [-0.15, -0.1) is 10.2 Å². The van der Waals surface area contributed by atoms with Crippen LogP contribution in [-0.4, -0.2) is 46.7 Å². The highest BCUT2D eigenvalue weighted by Crippen LogP contribution is 2.29. The van der Waals surface area contributed by atoms with Crippen LogP contribution in [0.4, 0.5) is 5.13 Å². The lowest BCUT2D eigenvalue weighted by molar-refractivity contribution is -0.117. The van der Waals surface area contributed by atoms with Crippen LogP contribution in [0.3, 0.4) is 0 Å². The van der Waals surface area contributed by atoms with Crippen molar-refractivity contribution in [3.63, 3.8) is 0 Å². The number of nitrogens with one attached hydrogen (secondary N) is 1. The maximum atomic E-state index is 12.5. The lowest BCUT2D eigenvalue weighted by Crippen LogP contribution is -2.45. The number of nitrogens with zero attached hydrogens (tertiary/aromatic N) is 2. The number of carbonyl (C=O) groups is 1. The Hall–Kier alpha value is -1.06. The summed E-state index contributed by atoms with van der Waals surface area (Å²) in [5, 5.41) is 20.5. The first-order valence-electron chi connectivity index (χ1n) is 7.82. The minimum Gasteiger partial charge on any atom is -0.395 e. The van der Waals surface area contributed by atoms with E-state index in [-0.39, 0.29) is 23.4 Å². The van der Waals surface area contributed by atoms with Crippen LogP contribution in [0.1, 0.15) is 53.0 Å². The second-order valence-electron chi connectivity index (χ2n) is 7.42. The van der Waals surface area contributed by atoms with Gasteiger partial charge in [0.1, 0.15) is 9.75 Å². The third-order valence-corrected chi connectivity index (χ3v) is 7.63. The first-order valence-corrected chi connectivity index (χ1v) is 10.3. The summed E-state index contributed by atoms with van der Waals surface area (Å²) in [7, 11) is -3.60. The second kappa shape index (κ2) is 7.45. The van der Waals surface area contributed by atoms with Gasteiger partial charge in [-0.2, -0.15) is 0 Å². The lowest BCUT2D eigenvalue weighted by atomic mass is 9.96. The number of amides is 1. The van der Waals surface area contributed by atoms with Crippen molar-refractivity contribution in [2.24, 2.45) is 5.92 Å². The van der Waals surface area contributed by atoms with Gasteiger partial charge >= 0.3 is 0 Å². The van der Waals surface area contributed by atoms with Gasteiger partial charge in [0.05, 0.1) is 12.4 Å². The number of rotatable bonds is 8. The van der Waals surface area contributed by atoms with Gasteiger partial charge in [0.2, 0.25) is 11.0 Å². The topological polar surface area (TPSA) is 109 Å². The van der Waals surface area contributed by atoms with Crippen molar-refractivity contribution in [1.29, 1.82) is 0 Å². The van der Waals surface area contributed by atoms with E-state index >= 15 is 0 Å². The number of carbonyl (C=O) groups excluding carboxylic acids is 1. The Bertz CT molecular complexity index is 679. The van der Waals surface area contributed by atoms with Crippen molar-refractivity contribution in [1.82, 2.24) is 10.2 Å². The zero-order chi connectivity index (χ0) is 18.8. The zero-order valence-electron chi connectivity index (χ0n) is 15.1. The fourth-order valence-electron chi connectivity index (χ4n) is 1.65. The minimum absolute atomic E-state index is 0.0377. The van der Waals surface area contributed by atoms with Crippen LogP contribution in [0.15, 0.2) is 0 Å². The van der Waals surface area contributed by atoms with Crippen molar-refractivity contribution in [3.8, 4) is 0 Å². The third-order valence-electron chi connectivity index (χ3n) is 3.91. The van der Waals surface area contributed by atoms with E-state index in [0.717, 1.165) is 11.3 Å². The first-order chi connectivity index (χ1) is 10.8. The highest BCUT2D eigenvalue weighted by atomic mass is 32.2. The Kier molecular flexibility index (Phi) is 6.51. The van der Waals surface area contributed by atoms with E-state index in [9.17, 15) is 18.3 Å². The summed E-state index contributed by atoms with van der Waals surface area (Å²) in [4.78, 5) is 12.5. The molecule has 0 fully saturated rings. The van der Waals surface area contributed by atoms with Gasteiger partial charge in [-0.25, -0.2) is 8.42 Å². The molecule has 9 heteroatoms. The molecule has 1 aromatic heterocycles. The van der Waals surface area contributed by atoms with E-state index in [2.05, 4.69) is 15.5 Å². The normalized spacial score (nSPS) is 13.3. The highest BCUT2D eigenvalue weighted by molar-refractivity contribution is 7.93. The molecule has 0 aliphatic carbocycles. The molecule has 0 radical (unpaired) electrons. The standard InChI is InChI=1S/C15H27N3O4S2/c1-10(2)7-8-24(21,22)15(5,6)11(20)16-13-18-17-12(23-13)14(3,4)9-19/h10,19H,7-9H2,1-6H3,(H,16,18,20). The summed E-state index contributed by atoms with van der Waals surface area (Å²) in [5.41, 5.74) is -0.570. The molecule has 2 N–H and O–H groups in total. The summed E-state index contributed by atoms with van der Waals surface area (Å²) < 4.78 is 23.4. The highest BCUT2D eigenvalue weighted by Gasteiger charge is 2.41. The quantitative estimate of drug-likeness (QED) is 0.717. The van der Waals surface area contributed by atoms with Gasteiger partial charge in [-0.3, -0.25) is 10.1 Å². The molecule has 1 amide bonds. The fourth-order valence-corrected chi connectivity index (χ4v) is 4.11. The number of aliphatic hydroxyl groups is 1. The maximum absolute atomic E-state index is 12.5. The number of hydrogen-bond donors (Lipinski definition) is 2. The number of anilines is 1. The zero-order valence-corrected chi connectivity index (χ0v) is 16.7. The van der Waals surface area contributed by atoms with E-state index in [4.69, 9.17) is 0 Å². The van der Waals surface area contributed by atoms with Crippen molar-refractivity contribution in [3.05, 3.63) is 5.01 Å². The average molecular weight is 378 g/mol. The number of sulfone groups is 1. The number of aromatic nitrogens is 2. The van der Waals surface area contributed by atoms with Gasteiger partial charge in [0.25, 0.3) is 0 Å². The van der Waals surface area contributed by atoms with E-state index in [0.29, 0.717) is 11.4 Å². The third kappa shape index (κ3) is 4.73. The van der Waals surface area contributed by atoms with E-state index in [1.54, 1.807) is 13.8 Å². The molecule has 0 aromatic carbocycles. The lowest BCUT2D eigenvalue weighted by Gasteiger charge is -2.23. The van der Waals surface area contributed by atoms with Crippen molar-refractivity contribution in [2.75, 3.05) is 17.7 Å². The van der Waals surface area contributed by atoms with E-state index in [1.807, 2.05) is 13.8 Å². The van der Waals surface area contributed by atoms with Gasteiger partial charge < -0.3 is 5.11 Å². The molecule has 0 atom stereocenters. The monoisotopic (exact) mass is 377 g/mol. The molecule has 0 saturated heterocycles. The Morgan fingerprint density at radius 3 is 2.33 bits per heavy atom. The first kappa shape index (κ1) is 21.0. The smallest absolute Gasteiger partial charge is 0.247 e. The average Bonchev–Trinajstić information content (AvgIpc) is 2.94. The van der Waals surface area contributed by atoms with Crippen LogP contribution in [0.5, 0.6) is 0 Å². The van der Waals surface area contributed by atoms with Crippen LogP contribution in [0.2, 0.25) is 0 Å². The maximum Gasteiger partial charge on any atom is 0.247 e. The van der Waals surface area contributed by atoms with E-state index in [1.165, 1.54) is 13.8 Å². The largest absolute Gasteiger partial charge is 0.395 e. The van der Waals surface area contributed by atoms with Crippen LogP contribution in [0.25, 0.3) is 0 Å². The Labute approximate surface area is 147 Å². The molecule has 1 rings (SSSR count). The van der Waals surface area contributed by atoms with Gasteiger partial charge in [0, 0.05) is 5.41 Å². The summed E-state index contributed by atoms with van der Waals surface area (Å²) in [6.07, 6.45) is 0.507. The van der Waals surface area contributed by atoms with Crippen molar-refractivity contribution in [2.45, 2.75) is 58.1 Å². The van der Waals surface area contributed by atoms with Crippen LogP contribution in [0, 0.1) is 5.92 Å². The molecule has 0 bridgehead atoms. The van der Waals surface area contributed by atoms with Gasteiger partial charge in [-0.05, 0) is 26.2 Å². The molecule has 0 unspecified atom stereocenters. The summed E-state index contributed by atoms with van der Waals surface area (Å²) in [5.74, 6) is -0.426. The molecule has 0 aliphatic rings. The SMILES string of the molecule is CC(C)CCS(=O)(=O)C(C)(C)C(=O)Nc1nnc(C(C)(C)CO)s1. The molecule has 0 spiro atoms. The molecule has 0 aliphatic heterocycles. The van der Waals surface area contributed by atoms with E-state index < -0.39 is 25.9 Å². The molecule has 24 heavy (non-hydrogen) atoms. The Balaban J connectivity index is 2.90. The number of aliphatic hydroxyl groups excluding tert-OH is 1. The Morgan fingerprint density at radius 1 is 1.25 bits per heavy atom. The number of hydrogen-bond acceptors (Lipinski definition) is 7. The molecule has 0 saturated carbocycles. The summed E-state index contributed by atoms with van der Waals surface area (Å²) in [6, 6.07) is 0. The van der Waals surface area contributed by atoms with Crippen LogP contribution in [-0.2, 0) is 20.0 Å². The summed E-state index contributed by atoms with van der Waals surface area (Å²) >= 11 is 1.13. The minimum atomic E-state index is -3.60. The predicted octanol–water partition coefficient (Wildman–Crippen LogP) is 1.99. The van der Waals surface area contributed by atoms with Crippen molar-refractivity contribution >= 4 is 32.2 Å². The molecular weight excluding hydrogens is 350 g/mol. The molecule has 7 nitrogen and oxygen atoms in total. The molecule has 1 heterocycles.